The molecular formula is C17H19N3. The lowest BCUT2D eigenvalue weighted by atomic mass is 10.1. The van der Waals surface area contributed by atoms with Crippen LogP contribution in [0.2, 0.25) is 0 Å². The molecule has 0 aliphatic heterocycles. The number of rotatable bonds is 4. The quantitative estimate of drug-likeness (QED) is 0.785. The van der Waals surface area contributed by atoms with Crippen molar-refractivity contribution in [1.29, 1.82) is 0 Å². The minimum absolute atomic E-state index is 0.819. The minimum Gasteiger partial charge on any atom is -0.341 e. The molecule has 0 fully saturated rings. The van der Waals surface area contributed by atoms with E-state index >= 15 is 0 Å². The van der Waals surface area contributed by atoms with Crippen molar-refractivity contribution in [2.75, 3.05) is 7.05 Å². The predicted octanol–water partition coefficient (Wildman–Crippen LogP) is 3.11. The average Bonchev–Trinajstić information content (AvgIpc) is 2.86. The summed E-state index contributed by atoms with van der Waals surface area (Å²) in [5, 5.41) is 4.54. The molecule has 0 aliphatic carbocycles. The van der Waals surface area contributed by atoms with E-state index in [1.807, 2.05) is 19.3 Å². The van der Waals surface area contributed by atoms with Gasteiger partial charge in [0.05, 0.1) is 12.2 Å². The molecule has 0 bridgehead atoms. The molecule has 1 aromatic carbocycles. The van der Waals surface area contributed by atoms with Gasteiger partial charge in [0.15, 0.2) is 0 Å². The van der Waals surface area contributed by atoms with Crippen molar-refractivity contribution in [3.05, 3.63) is 65.6 Å². The maximum Gasteiger partial charge on any atom is 0.0651 e. The van der Waals surface area contributed by atoms with Crippen LogP contribution < -0.4 is 5.32 Å². The summed E-state index contributed by atoms with van der Waals surface area (Å²) in [6.45, 7) is 3.82. The topological polar surface area (TPSA) is 29.9 Å². The number of benzene rings is 1. The fourth-order valence-electron chi connectivity index (χ4n) is 2.61. The Morgan fingerprint density at radius 3 is 2.85 bits per heavy atom. The van der Waals surface area contributed by atoms with E-state index in [1.165, 1.54) is 22.0 Å². The summed E-state index contributed by atoms with van der Waals surface area (Å²) in [6.07, 6.45) is 4.01. The second kappa shape index (κ2) is 5.47. The van der Waals surface area contributed by atoms with Gasteiger partial charge in [0, 0.05) is 29.8 Å². The Morgan fingerprint density at radius 1 is 1.15 bits per heavy atom. The average molecular weight is 265 g/mol. The minimum atomic E-state index is 0.819. The number of aromatic nitrogens is 2. The zero-order valence-corrected chi connectivity index (χ0v) is 11.9. The van der Waals surface area contributed by atoms with Crippen molar-refractivity contribution in [1.82, 2.24) is 14.9 Å². The second-order valence-electron chi connectivity index (χ2n) is 5.09. The normalized spacial score (nSPS) is 11.1. The highest BCUT2D eigenvalue weighted by molar-refractivity contribution is 5.83. The van der Waals surface area contributed by atoms with Gasteiger partial charge < -0.3 is 9.88 Å². The summed E-state index contributed by atoms with van der Waals surface area (Å²) in [5.41, 5.74) is 4.97. The van der Waals surface area contributed by atoms with Crippen molar-refractivity contribution in [2.24, 2.45) is 0 Å². The third-order valence-electron chi connectivity index (χ3n) is 3.71. The summed E-state index contributed by atoms with van der Waals surface area (Å²) in [6, 6.07) is 12.8. The van der Waals surface area contributed by atoms with Crippen molar-refractivity contribution >= 4 is 10.9 Å². The summed E-state index contributed by atoms with van der Waals surface area (Å²) in [5.74, 6) is 0. The first-order valence-electron chi connectivity index (χ1n) is 6.91. The van der Waals surface area contributed by atoms with Gasteiger partial charge in [-0.05, 0) is 43.3 Å². The van der Waals surface area contributed by atoms with Crippen molar-refractivity contribution in [2.45, 2.75) is 20.0 Å². The van der Waals surface area contributed by atoms with Crippen molar-refractivity contribution < 1.29 is 0 Å². The molecule has 3 rings (SSSR count). The fraction of sp³-hybridized carbons (Fsp3) is 0.235. The molecule has 2 heterocycles. The number of fused-ring (bicyclic) bond motifs is 1. The van der Waals surface area contributed by atoms with Crippen LogP contribution in [0.5, 0.6) is 0 Å². The molecule has 0 atom stereocenters. The highest BCUT2D eigenvalue weighted by Gasteiger charge is 2.07. The van der Waals surface area contributed by atoms with Gasteiger partial charge in [-0.3, -0.25) is 4.98 Å². The van der Waals surface area contributed by atoms with Gasteiger partial charge in [0.1, 0.15) is 0 Å². The van der Waals surface area contributed by atoms with Crippen LogP contribution in [0.15, 0.2) is 48.8 Å². The number of nitrogens with zero attached hydrogens (tertiary/aromatic N) is 2. The molecule has 20 heavy (non-hydrogen) atoms. The van der Waals surface area contributed by atoms with Gasteiger partial charge >= 0.3 is 0 Å². The van der Waals surface area contributed by atoms with Gasteiger partial charge in [0.2, 0.25) is 0 Å². The summed E-state index contributed by atoms with van der Waals surface area (Å²) in [7, 11) is 1.98. The van der Waals surface area contributed by atoms with Gasteiger partial charge in [-0.15, -0.1) is 0 Å². The van der Waals surface area contributed by atoms with Gasteiger partial charge in [-0.2, -0.15) is 0 Å². The maximum atomic E-state index is 4.49. The molecule has 2 aromatic heterocycles. The van der Waals surface area contributed by atoms with E-state index < -0.39 is 0 Å². The van der Waals surface area contributed by atoms with Crippen LogP contribution in [0.25, 0.3) is 10.9 Å². The van der Waals surface area contributed by atoms with Gasteiger partial charge in [0.25, 0.3) is 0 Å². The van der Waals surface area contributed by atoms with Crippen molar-refractivity contribution in [3.63, 3.8) is 0 Å². The molecule has 3 nitrogen and oxygen atoms in total. The molecule has 3 heteroatoms. The lowest BCUT2D eigenvalue weighted by molar-refractivity contribution is 0.798. The molecule has 0 spiro atoms. The van der Waals surface area contributed by atoms with E-state index in [0.717, 1.165) is 18.8 Å². The van der Waals surface area contributed by atoms with E-state index in [0.29, 0.717) is 0 Å². The molecule has 0 saturated heterocycles. The predicted molar refractivity (Wildman–Crippen MR) is 82.8 cm³/mol. The summed E-state index contributed by atoms with van der Waals surface area (Å²) >= 11 is 0. The molecule has 0 aliphatic rings. The Labute approximate surface area is 119 Å². The lowest BCUT2D eigenvalue weighted by Crippen LogP contribution is -2.05. The molecular weight excluding hydrogens is 246 g/mol. The Kier molecular flexibility index (Phi) is 3.52. The number of hydrogen-bond acceptors (Lipinski definition) is 2. The fourth-order valence-corrected chi connectivity index (χ4v) is 2.61. The number of pyridine rings is 1. The monoisotopic (exact) mass is 265 g/mol. The smallest absolute Gasteiger partial charge is 0.0651 e. The number of nitrogens with one attached hydrogen (secondary N) is 1. The maximum absolute atomic E-state index is 4.49. The first-order valence-corrected chi connectivity index (χ1v) is 6.91. The Bertz CT molecular complexity index is 728. The molecule has 1 N–H and O–H groups in total. The molecule has 3 aromatic rings. The Hall–Kier alpha value is -2.13. The van der Waals surface area contributed by atoms with Crippen LogP contribution >= 0.6 is 0 Å². The van der Waals surface area contributed by atoms with Crippen LogP contribution in [0, 0.1) is 6.92 Å². The van der Waals surface area contributed by atoms with E-state index in [-0.39, 0.29) is 0 Å². The van der Waals surface area contributed by atoms with E-state index in [9.17, 15) is 0 Å². The molecule has 0 radical (unpaired) electrons. The zero-order chi connectivity index (χ0) is 13.9. The highest BCUT2D eigenvalue weighted by Crippen LogP contribution is 2.21. The van der Waals surface area contributed by atoms with Crippen LogP contribution in [0.3, 0.4) is 0 Å². The van der Waals surface area contributed by atoms with E-state index in [1.54, 1.807) is 0 Å². The van der Waals surface area contributed by atoms with E-state index in [2.05, 4.69) is 58.3 Å². The van der Waals surface area contributed by atoms with Crippen LogP contribution in [-0.4, -0.2) is 16.6 Å². The SMILES string of the molecule is CNCc1cccc2c1ccn2Cc1ncccc1C. The molecule has 0 amide bonds. The van der Waals surface area contributed by atoms with Crippen LogP contribution in [0.1, 0.15) is 16.8 Å². The first kappa shape index (κ1) is 12.9. The van der Waals surface area contributed by atoms with Crippen molar-refractivity contribution in [3.8, 4) is 0 Å². The van der Waals surface area contributed by atoms with Gasteiger partial charge in [-0.1, -0.05) is 18.2 Å². The third-order valence-corrected chi connectivity index (χ3v) is 3.71. The van der Waals surface area contributed by atoms with E-state index in [4.69, 9.17) is 0 Å². The van der Waals surface area contributed by atoms with Gasteiger partial charge in [-0.25, -0.2) is 0 Å². The first-order chi connectivity index (χ1) is 9.79. The summed E-state index contributed by atoms with van der Waals surface area (Å²) < 4.78 is 2.27. The van der Waals surface area contributed by atoms with Crippen LogP contribution in [-0.2, 0) is 13.1 Å². The molecule has 0 unspecified atom stereocenters. The standard InChI is InChI=1S/C17H19N3/c1-13-5-4-9-19-16(13)12-20-10-8-15-14(11-18-2)6-3-7-17(15)20/h3-10,18H,11-12H2,1-2H3. The zero-order valence-electron chi connectivity index (χ0n) is 11.9. The number of aryl methyl sites for hydroxylation is 1. The largest absolute Gasteiger partial charge is 0.341 e. The molecule has 102 valence electrons. The second-order valence-corrected chi connectivity index (χ2v) is 5.09. The van der Waals surface area contributed by atoms with Crippen LogP contribution in [0.4, 0.5) is 0 Å². The summed E-state index contributed by atoms with van der Waals surface area (Å²) in [4.78, 5) is 4.49. The Morgan fingerprint density at radius 2 is 2.05 bits per heavy atom. The number of hydrogen-bond donors (Lipinski definition) is 1. The Balaban J connectivity index is 2.01. The molecule has 0 saturated carbocycles. The highest BCUT2D eigenvalue weighted by atomic mass is 15.0. The third kappa shape index (κ3) is 2.32. The lowest BCUT2D eigenvalue weighted by Gasteiger charge is -2.08.